The predicted octanol–water partition coefficient (Wildman–Crippen LogP) is 4.02. The Morgan fingerprint density at radius 2 is 1.63 bits per heavy atom. The Morgan fingerprint density at radius 1 is 0.974 bits per heavy atom. The molecule has 3 amide bonds. The normalized spacial score (nSPS) is 21.5. The molecule has 1 aliphatic heterocycles. The maximum atomic E-state index is 13.3. The van der Waals surface area contributed by atoms with Crippen LogP contribution in [0.25, 0.3) is 0 Å². The Kier molecular flexibility index (Phi) is 8.62. The van der Waals surface area contributed by atoms with Crippen LogP contribution in [0, 0.1) is 5.92 Å². The lowest BCUT2D eigenvalue weighted by Crippen LogP contribution is -2.56. The third kappa shape index (κ3) is 6.30. The van der Waals surface area contributed by atoms with Crippen LogP contribution in [0.3, 0.4) is 0 Å². The van der Waals surface area contributed by atoms with Gasteiger partial charge in [0.1, 0.15) is 6.04 Å². The summed E-state index contributed by atoms with van der Waals surface area (Å²) in [4.78, 5) is 42.2. The van der Waals surface area contributed by atoms with Crippen LogP contribution in [-0.4, -0.2) is 59.7 Å². The number of carbonyl (C=O) groups excluding carboxylic acids is 3. The van der Waals surface area contributed by atoms with Crippen molar-refractivity contribution in [1.82, 2.24) is 15.1 Å². The minimum Gasteiger partial charge on any atom is -0.368 e. The van der Waals surface area contributed by atoms with Gasteiger partial charge in [-0.05, 0) is 36.6 Å². The molecule has 2 aromatic carbocycles. The van der Waals surface area contributed by atoms with Crippen molar-refractivity contribution in [2.45, 2.75) is 43.9 Å². The average Bonchev–Trinajstić information content (AvgIpc) is 2.91. The fraction of sp³-hybridized carbons (Fsp3) is 0.444. The molecule has 1 saturated heterocycles. The van der Waals surface area contributed by atoms with Gasteiger partial charge in [-0.1, -0.05) is 54.8 Å². The molecule has 3 atom stereocenters. The van der Waals surface area contributed by atoms with Gasteiger partial charge in [-0.2, -0.15) is 13.2 Å². The molecule has 7 nitrogen and oxygen atoms in total. The summed E-state index contributed by atoms with van der Waals surface area (Å²) in [6.07, 6.45) is -1.20. The number of carbonyl (C=O) groups is 3. The Labute approximate surface area is 224 Å². The maximum Gasteiger partial charge on any atom is 0.416 e. The summed E-state index contributed by atoms with van der Waals surface area (Å²) in [5, 5.41) is 2.60. The smallest absolute Gasteiger partial charge is 0.368 e. The first kappa shape index (κ1) is 27.9. The fourth-order valence-corrected chi connectivity index (χ4v) is 5.62. The molecule has 0 radical (unpaired) electrons. The van der Waals surface area contributed by atoms with Crippen LogP contribution in [0.5, 0.6) is 0 Å². The quantitative estimate of drug-likeness (QED) is 0.568. The fourth-order valence-electron chi connectivity index (χ4n) is 5.36. The number of hydrogen-bond acceptors (Lipinski definition) is 4. The van der Waals surface area contributed by atoms with Gasteiger partial charge in [0.2, 0.25) is 11.8 Å². The highest BCUT2D eigenvalue weighted by atomic mass is 35.5. The number of nitrogens with zero attached hydrogens (tertiary/aromatic N) is 2. The zero-order valence-electron chi connectivity index (χ0n) is 20.7. The highest BCUT2D eigenvalue weighted by molar-refractivity contribution is 6.33. The number of halogens is 4. The van der Waals surface area contributed by atoms with Crippen LogP contribution in [-0.2, 0) is 15.8 Å². The van der Waals surface area contributed by atoms with Crippen molar-refractivity contribution < 1.29 is 27.6 Å². The first-order chi connectivity index (χ1) is 18.1. The number of alkyl halides is 3. The number of nitrogens with two attached hydrogens (primary N) is 1. The van der Waals surface area contributed by atoms with E-state index in [1.54, 1.807) is 29.2 Å². The highest BCUT2D eigenvalue weighted by Gasteiger charge is 2.38. The number of piperazine rings is 1. The van der Waals surface area contributed by atoms with Crippen LogP contribution >= 0.6 is 11.6 Å². The predicted molar refractivity (Wildman–Crippen MR) is 136 cm³/mol. The van der Waals surface area contributed by atoms with E-state index in [4.69, 9.17) is 17.3 Å². The van der Waals surface area contributed by atoms with Crippen molar-refractivity contribution in [2.24, 2.45) is 11.7 Å². The van der Waals surface area contributed by atoms with E-state index < -0.39 is 29.6 Å². The molecule has 4 rings (SSSR count). The summed E-state index contributed by atoms with van der Waals surface area (Å²) in [5.74, 6) is -1.61. The second-order valence-corrected chi connectivity index (χ2v) is 10.1. The summed E-state index contributed by atoms with van der Waals surface area (Å²) in [7, 11) is 0. The Balaban J connectivity index is 1.40. The van der Waals surface area contributed by atoms with Crippen LogP contribution < -0.4 is 11.1 Å². The summed E-state index contributed by atoms with van der Waals surface area (Å²) < 4.78 is 38.8. The summed E-state index contributed by atoms with van der Waals surface area (Å²) >= 11 is 6.03. The van der Waals surface area contributed by atoms with E-state index in [1.165, 1.54) is 0 Å². The molecule has 0 spiro atoms. The maximum absolute atomic E-state index is 13.3. The first-order valence-electron chi connectivity index (χ1n) is 12.6. The number of primary amides is 1. The van der Waals surface area contributed by atoms with Gasteiger partial charge in [-0.15, -0.1) is 0 Å². The van der Waals surface area contributed by atoms with Crippen molar-refractivity contribution in [2.75, 3.05) is 26.2 Å². The molecule has 2 aliphatic rings. The zero-order valence-corrected chi connectivity index (χ0v) is 21.5. The minimum absolute atomic E-state index is 0.0291. The lowest BCUT2D eigenvalue weighted by molar-refractivity contribution is -0.137. The van der Waals surface area contributed by atoms with Gasteiger partial charge in [-0.25, -0.2) is 0 Å². The van der Waals surface area contributed by atoms with E-state index >= 15 is 0 Å². The highest BCUT2D eigenvalue weighted by Crippen LogP contribution is 2.33. The molecule has 1 aliphatic carbocycles. The lowest BCUT2D eigenvalue weighted by Gasteiger charge is -2.44. The second-order valence-electron chi connectivity index (χ2n) is 9.73. The Morgan fingerprint density at radius 3 is 2.24 bits per heavy atom. The third-order valence-corrected chi connectivity index (χ3v) is 7.68. The number of hydrogen-bond donors (Lipinski definition) is 2. The van der Waals surface area contributed by atoms with E-state index in [-0.39, 0.29) is 28.5 Å². The van der Waals surface area contributed by atoms with E-state index in [2.05, 4.69) is 10.2 Å². The first-order valence-corrected chi connectivity index (χ1v) is 13.0. The van der Waals surface area contributed by atoms with Crippen LogP contribution in [0.2, 0.25) is 5.02 Å². The molecule has 38 heavy (non-hydrogen) atoms. The van der Waals surface area contributed by atoms with Gasteiger partial charge < -0.3 is 16.0 Å². The molecule has 1 heterocycles. The summed E-state index contributed by atoms with van der Waals surface area (Å²) in [6.45, 7) is 1.73. The Bertz CT molecular complexity index is 1170. The Hall–Kier alpha value is -3.11. The summed E-state index contributed by atoms with van der Waals surface area (Å²) in [6, 6.07) is 10.6. The molecule has 11 heteroatoms. The molecule has 2 aromatic rings. The van der Waals surface area contributed by atoms with E-state index in [9.17, 15) is 27.6 Å². The molecule has 204 valence electrons. The monoisotopic (exact) mass is 550 g/mol. The molecule has 0 bridgehead atoms. The van der Waals surface area contributed by atoms with E-state index in [0.717, 1.165) is 37.5 Å². The largest absolute Gasteiger partial charge is 0.416 e. The molecule has 1 saturated carbocycles. The average molecular weight is 551 g/mol. The van der Waals surface area contributed by atoms with Crippen LogP contribution in [0.4, 0.5) is 13.2 Å². The SMILES string of the molecule is NC(=O)[C@@H](NC(=O)[C@@H]1CCCCC1N1CCN(C(=O)c2ccc(C(F)(F)F)cc2Cl)CC1)c1ccccc1. The van der Waals surface area contributed by atoms with Gasteiger partial charge in [0, 0.05) is 32.2 Å². The van der Waals surface area contributed by atoms with Gasteiger partial charge in [-0.3, -0.25) is 19.3 Å². The van der Waals surface area contributed by atoms with Gasteiger partial charge in [0.15, 0.2) is 0 Å². The molecule has 0 aromatic heterocycles. The second kappa shape index (κ2) is 11.7. The van der Waals surface area contributed by atoms with Crippen molar-refractivity contribution in [3.8, 4) is 0 Å². The van der Waals surface area contributed by atoms with Gasteiger partial charge in [0.05, 0.1) is 22.1 Å². The number of benzene rings is 2. The summed E-state index contributed by atoms with van der Waals surface area (Å²) in [5.41, 5.74) is 5.33. The van der Waals surface area contributed by atoms with Crippen LogP contribution in [0.1, 0.15) is 53.2 Å². The van der Waals surface area contributed by atoms with Gasteiger partial charge in [0.25, 0.3) is 5.91 Å². The van der Waals surface area contributed by atoms with Gasteiger partial charge >= 0.3 is 6.18 Å². The third-order valence-electron chi connectivity index (χ3n) is 7.37. The van der Waals surface area contributed by atoms with Crippen molar-refractivity contribution in [1.29, 1.82) is 0 Å². The van der Waals surface area contributed by atoms with Crippen molar-refractivity contribution in [3.05, 3.63) is 70.2 Å². The van der Waals surface area contributed by atoms with E-state index in [1.807, 2.05) is 6.07 Å². The molecule has 1 unspecified atom stereocenters. The number of nitrogens with one attached hydrogen (secondary N) is 1. The zero-order chi connectivity index (χ0) is 27.4. The van der Waals surface area contributed by atoms with Crippen LogP contribution in [0.15, 0.2) is 48.5 Å². The standard InChI is InChI=1S/C27H30ClF3N4O3/c28-21-16-18(27(29,30)31)10-11-19(21)26(38)35-14-12-34(13-15-35)22-9-5-4-8-20(22)25(37)33-23(24(32)36)17-6-2-1-3-7-17/h1-3,6-7,10-11,16,20,22-23H,4-5,8-9,12-15H2,(H2,32,36)(H,33,37)/t20-,22?,23+/m1/s1. The topological polar surface area (TPSA) is 95.7 Å². The van der Waals surface area contributed by atoms with Crippen molar-refractivity contribution in [3.63, 3.8) is 0 Å². The minimum atomic E-state index is -4.54. The molecular weight excluding hydrogens is 521 g/mol. The number of amides is 3. The molecule has 3 N–H and O–H groups in total. The van der Waals surface area contributed by atoms with Crippen molar-refractivity contribution >= 4 is 29.3 Å². The number of rotatable bonds is 6. The molecular formula is C27H30ClF3N4O3. The molecule has 2 fully saturated rings. The lowest BCUT2D eigenvalue weighted by atomic mass is 9.82. The van der Waals surface area contributed by atoms with E-state index in [0.29, 0.717) is 38.2 Å².